The lowest BCUT2D eigenvalue weighted by Crippen LogP contribution is -2.27. The standard InChI is InChI=1S/C23H28N2O4S/c1-30(27,28)25-14-12-18-16-19(10-11-21(18)25)23(26)24-13-5-15-29-22-9-4-7-17-6-2-3-8-20(17)22/h2-3,6,8,10-11,16,22H,4-5,7,9,12-15H2,1H3,(H,24,26). The molecular weight excluding hydrogens is 400 g/mol. The number of carbonyl (C=O) groups excluding carboxylic acids is 1. The zero-order valence-corrected chi connectivity index (χ0v) is 18.1. The lowest BCUT2D eigenvalue weighted by Gasteiger charge is -2.25. The lowest BCUT2D eigenvalue weighted by atomic mass is 9.89. The van der Waals surface area contributed by atoms with E-state index in [0.29, 0.717) is 37.4 Å². The Bertz CT molecular complexity index is 1040. The van der Waals surface area contributed by atoms with Crippen molar-refractivity contribution < 1.29 is 17.9 Å². The normalized spacial score (nSPS) is 18.0. The average molecular weight is 429 g/mol. The van der Waals surface area contributed by atoms with Crippen molar-refractivity contribution in [3.63, 3.8) is 0 Å². The minimum atomic E-state index is -3.28. The van der Waals surface area contributed by atoms with E-state index in [1.54, 1.807) is 18.2 Å². The number of amides is 1. The Morgan fingerprint density at radius 1 is 1.17 bits per heavy atom. The molecular formula is C23H28N2O4S. The number of hydrogen-bond donors (Lipinski definition) is 1. The fraction of sp³-hybridized carbons (Fsp3) is 0.435. The number of ether oxygens (including phenoxy) is 1. The Hall–Kier alpha value is -2.38. The Morgan fingerprint density at radius 2 is 2.00 bits per heavy atom. The maximum absolute atomic E-state index is 12.5. The van der Waals surface area contributed by atoms with Crippen LogP contribution in [0, 0.1) is 0 Å². The fourth-order valence-electron chi connectivity index (χ4n) is 4.34. The third-order valence-electron chi connectivity index (χ3n) is 5.84. The molecule has 0 aromatic heterocycles. The first-order valence-corrected chi connectivity index (χ1v) is 12.4. The van der Waals surface area contributed by atoms with Gasteiger partial charge in [0.1, 0.15) is 0 Å². The maximum atomic E-state index is 12.5. The van der Waals surface area contributed by atoms with Crippen LogP contribution in [0.1, 0.15) is 52.4 Å². The first kappa shape index (κ1) is 20.9. The minimum absolute atomic E-state index is 0.140. The molecule has 0 bridgehead atoms. The molecule has 0 saturated heterocycles. The van der Waals surface area contributed by atoms with E-state index in [-0.39, 0.29) is 12.0 Å². The van der Waals surface area contributed by atoms with E-state index in [2.05, 4.69) is 29.6 Å². The number of sulfonamides is 1. The molecule has 6 nitrogen and oxygen atoms in total. The Balaban J connectivity index is 1.25. The average Bonchev–Trinajstić information content (AvgIpc) is 3.17. The van der Waals surface area contributed by atoms with Crippen LogP contribution in [0.15, 0.2) is 42.5 Å². The van der Waals surface area contributed by atoms with E-state index in [4.69, 9.17) is 4.74 Å². The van der Waals surface area contributed by atoms with Crippen molar-refractivity contribution >= 4 is 21.6 Å². The molecule has 2 aromatic carbocycles. The van der Waals surface area contributed by atoms with Crippen molar-refractivity contribution in [2.45, 2.75) is 38.2 Å². The van der Waals surface area contributed by atoms with Gasteiger partial charge in [-0.05, 0) is 67.0 Å². The summed E-state index contributed by atoms with van der Waals surface area (Å²) in [4.78, 5) is 12.5. The monoisotopic (exact) mass is 428 g/mol. The SMILES string of the molecule is CS(=O)(=O)N1CCc2cc(C(=O)NCCCOC3CCCc4ccccc43)ccc21. The number of hydrogen-bond acceptors (Lipinski definition) is 4. The second-order valence-electron chi connectivity index (χ2n) is 7.99. The summed E-state index contributed by atoms with van der Waals surface area (Å²) < 4.78 is 31.2. The molecule has 7 heteroatoms. The summed E-state index contributed by atoms with van der Waals surface area (Å²) in [5, 5.41) is 2.94. The molecule has 4 rings (SSSR count). The van der Waals surface area contributed by atoms with Crippen LogP contribution in [0.3, 0.4) is 0 Å². The van der Waals surface area contributed by atoms with Gasteiger partial charge in [0, 0.05) is 25.3 Å². The molecule has 2 aliphatic rings. The summed E-state index contributed by atoms with van der Waals surface area (Å²) in [6.07, 6.45) is 6.04. The van der Waals surface area contributed by atoms with E-state index < -0.39 is 10.0 Å². The van der Waals surface area contributed by atoms with Gasteiger partial charge >= 0.3 is 0 Å². The number of fused-ring (bicyclic) bond motifs is 2. The van der Waals surface area contributed by atoms with Gasteiger partial charge in [0.05, 0.1) is 18.0 Å². The van der Waals surface area contributed by atoms with Crippen LogP contribution in [-0.2, 0) is 27.6 Å². The predicted octanol–water partition coefficient (Wildman–Crippen LogP) is 3.22. The summed E-state index contributed by atoms with van der Waals surface area (Å²) >= 11 is 0. The van der Waals surface area contributed by atoms with Crippen LogP contribution in [-0.4, -0.2) is 40.3 Å². The topological polar surface area (TPSA) is 75.7 Å². The molecule has 1 heterocycles. The zero-order chi connectivity index (χ0) is 21.1. The van der Waals surface area contributed by atoms with Crippen molar-refractivity contribution in [3.05, 3.63) is 64.7 Å². The van der Waals surface area contributed by atoms with Crippen LogP contribution in [0.25, 0.3) is 0 Å². The van der Waals surface area contributed by atoms with Crippen LogP contribution in [0.2, 0.25) is 0 Å². The molecule has 1 N–H and O–H groups in total. The van der Waals surface area contributed by atoms with E-state index in [0.717, 1.165) is 31.2 Å². The molecule has 1 unspecified atom stereocenters. The predicted molar refractivity (Wildman–Crippen MR) is 117 cm³/mol. The highest BCUT2D eigenvalue weighted by molar-refractivity contribution is 7.92. The van der Waals surface area contributed by atoms with E-state index >= 15 is 0 Å². The van der Waals surface area contributed by atoms with Gasteiger partial charge in [-0.3, -0.25) is 9.10 Å². The van der Waals surface area contributed by atoms with Gasteiger partial charge in [0.15, 0.2) is 0 Å². The first-order valence-electron chi connectivity index (χ1n) is 10.5. The third-order valence-corrected chi connectivity index (χ3v) is 7.01. The number of nitrogens with one attached hydrogen (secondary N) is 1. The molecule has 0 spiro atoms. The fourth-order valence-corrected chi connectivity index (χ4v) is 5.30. The Labute approximate surface area is 178 Å². The highest BCUT2D eigenvalue weighted by Crippen LogP contribution is 2.32. The zero-order valence-electron chi connectivity index (χ0n) is 17.3. The van der Waals surface area contributed by atoms with Gasteiger partial charge in [0.25, 0.3) is 5.91 Å². The molecule has 0 radical (unpaired) electrons. The van der Waals surface area contributed by atoms with Gasteiger partial charge in [-0.15, -0.1) is 0 Å². The highest BCUT2D eigenvalue weighted by Gasteiger charge is 2.26. The van der Waals surface area contributed by atoms with E-state index in [9.17, 15) is 13.2 Å². The van der Waals surface area contributed by atoms with Gasteiger partial charge < -0.3 is 10.1 Å². The lowest BCUT2D eigenvalue weighted by molar-refractivity contribution is 0.0393. The highest BCUT2D eigenvalue weighted by atomic mass is 32.2. The molecule has 1 aliphatic heterocycles. The van der Waals surface area contributed by atoms with Gasteiger partial charge in [-0.25, -0.2) is 8.42 Å². The summed E-state index contributed by atoms with van der Waals surface area (Å²) in [6, 6.07) is 13.7. The summed E-state index contributed by atoms with van der Waals surface area (Å²) in [5.74, 6) is -0.140. The largest absolute Gasteiger partial charge is 0.373 e. The van der Waals surface area contributed by atoms with Gasteiger partial charge in [-0.1, -0.05) is 24.3 Å². The summed E-state index contributed by atoms with van der Waals surface area (Å²) in [7, 11) is -3.28. The van der Waals surface area contributed by atoms with Crippen LogP contribution >= 0.6 is 0 Å². The summed E-state index contributed by atoms with van der Waals surface area (Å²) in [5.41, 5.74) is 4.82. The van der Waals surface area contributed by atoms with Crippen molar-refractivity contribution in [1.29, 1.82) is 0 Å². The molecule has 1 amide bonds. The van der Waals surface area contributed by atoms with Crippen LogP contribution in [0.5, 0.6) is 0 Å². The van der Waals surface area contributed by atoms with Crippen molar-refractivity contribution in [3.8, 4) is 0 Å². The van der Waals surface area contributed by atoms with Gasteiger partial charge in [-0.2, -0.15) is 0 Å². The molecule has 160 valence electrons. The molecule has 1 atom stereocenters. The Kier molecular flexibility index (Phi) is 6.11. The molecule has 2 aromatic rings. The van der Waals surface area contributed by atoms with E-state index in [1.165, 1.54) is 21.7 Å². The van der Waals surface area contributed by atoms with Crippen molar-refractivity contribution in [2.24, 2.45) is 0 Å². The maximum Gasteiger partial charge on any atom is 0.251 e. The van der Waals surface area contributed by atoms with Gasteiger partial charge in [0.2, 0.25) is 10.0 Å². The first-order chi connectivity index (χ1) is 14.4. The smallest absolute Gasteiger partial charge is 0.251 e. The number of aryl methyl sites for hydroxylation is 1. The van der Waals surface area contributed by atoms with Crippen LogP contribution in [0.4, 0.5) is 5.69 Å². The molecule has 0 fully saturated rings. The second-order valence-corrected chi connectivity index (χ2v) is 9.90. The minimum Gasteiger partial charge on any atom is -0.373 e. The molecule has 0 saturated carbocycles. The number of nitrogens with zero attached hydrogens (tertiary/aromatic N) is 1. The van der Waals surface area contributed by atoms with E-state index in [1.807, 2.05) is 0 Å². The number of rotatable bonds is 7. The molecule has 1 aliphatic carbocycles. The number of benzene rings is 2. The van der Waals surface area contributed by atoms with Crippen LogP contribution < -0.4 is 9.62 Å². The number of carbonyl (C=O) groups is 1. The Morgan fingerprint density at radius 3 is 2.83 bits per heavy atom. The van der Waals surface area contributed by atoms with Crippen molar-refractivity contribution in [1.82, 2.24) is 5.32 Å². The third kappa shape index (κ3) is 4.52. The number of anilines is 1. The van der Waals surface area contributed by atoms with Crippen molar-refractivity contribution in [2.75, 3.05) is 30.3 Å². The quantitative estimate of drug-likeness (QED) is 0.687. The molecule has 30 heavy (non-hydrogen) atoms. The second kappa shape index (κ2) is 8.78. The summed E-state index contributed by atoms with van der Waals surface area (Å²) in [6.45, 7) is 1.58.